The summed E-state index contributed by atoms with van der Waals surface area (Å²) >= 11 is 0. The standard InChI is InChI=1S/C14H25N/c1-3-7-13(8-4-1)11-14(15-12-13)9-5-2-6-10-14/h15H,1-12H2. The largest absolute Gasteiger partial charge is 0.311 e. The van der Waals surface area contributed by atoms with Crippen LogP contribution in [0.1, 0.15) is 70.6 Å². The van der Waals surface area contributed by atoms with Crippen molar-refractivity contribution in [3.05, 3.63) is 0 Å². The van der Waals surface area contributed by atoms with Crippen molar-refractivity contribution in [1.29, 1.82) is 0 Å². The number of hydrogen-bond acceptors (Lipinski definition) is 1. The monoisotopic (exact) mass is 207 g/mol. The minimum Gasteiger partial charge on any atom is -0.311 e. The molecule has 3 aliphatic rings. The lowest BCUT2D eigenvalue weighted by atomic mass is 9.68. The van der Waals surface area contributed by atoms with Crippen molar-refractivity contribution in [3.8, 4) is 0 Å². The first-order valence-electron chi connectivity index (χ1n) is 7.08. The zero-order valence-corrected chi connectivity index (χ0v) is 9.99. The van der Waals surface area contributed by atoms with Crippen molar-refractivity contribution in [2.45, 2.75) is 76.2 Å². The molecule has 1 aliphatic heterocycles. The van der Waals surface area contributed by atoms with Gasteiger partial charge in [0.1, 0.15) is 0 Å². The van der Waals surface area contributed by atoms with Gasteiger partial charge in [-0.1, -0.05) is 38.5 Å². The van der Waals surface area contributed by atoms with Gasteiger partial charge in [0, 0.05) is 12.1 Å². The van der Waals surface area contributed by atoms with E-state index in [0.29, 0.717) is 5.54 Å². The van der Waals surface area contributed by atoms with Crippen LogP contribution in [0.3, 0.4) is 0 Å². The summed E-state index contributed by atoms with van der Waals surface area (Å²) in [7, 11) is 0. The third-order valence-corrected chi connectivity index (χ3v) is 5.28. The number of nitrogens with one attached hydrogen (secondary N) is 1. The highest BCUT2D eigenvalue weighted by molar-refractivity contribution is 5.05. The van der Waals surface area contributed by atoms with E-state index in [1.54, 1.807) is 0 Å². The summed E-state index contributed by atoms with van der Waals surface area (Å²) < 4.78 is 0. The van der Waals surface area contributed by atoms with E-state index in [1.807, 2.05) is 0 Å². The van der Waals surface area contributed by atoms with Gasteiger partial charge in [0.15, 0.2) is 0 Å². The average Bonchev–Trinajstić information content (AvgIpc) is 2.60. The average molecular weight is 207 g/mol. The van der Waals surface area contributed by atoms with Gasteiger partial charge >= 0.3 is 0 Å². The van der Waals surface area contributed by atoms with Gasteiger partial charge in [-0.25, -0.2) is 0 Å². The molecule has 2 saturated carbocycles. The van der Waals surface area contributed by atoms with Crippen molar-refractivity contribution in [2.24, 2.45) is 5.41 Å². The fourth-order valence-electron chi connectivity index (χ4n) is 4.46. The Morgan fingerprint density at radius 2 is 1.27 bits per heavy atom. The number of rotatable bonds is 0. The molecule has 1 heteroatoms. The maximum atomic E-state index is 3.93. The lowest BCUT2D eigenvalue weighted by Gasteiger charge is -2.37. The smallest absolute Gasteiger partial charge is 0.0187 e. The van der Waals surface area contributed by atoms with Crippen molar-refractivity contribution in [2.75, 3.05) is 6.54 Å². The highest BCUT2D eigenvalue weighted by Crippen LogP contribution is 2.50. The van der Waals surface area contributed by atoms with Gasteiger partial charge in [-0.2, -0.15) is 0 Å². The molecule has 0 radical (unpaired) electrons. The quantitative estimate of drug-likeness (QED) is 0.639. The minimum atomic E-state index is 0.593. The normalized spacial score (nSPS) is 33.6. The zero-order chi connectivity index (χ0) is 10.2. The number of hydrogen-bond donors (Lipinski definition) is 1. The second-order valence-corrected chi connectivity index (χ2v) is 6.43. The van der Waals surface area contributed by atoms with Crippen LogP contribution >= 0.6 is 0 Å². The van der Waals surface area contributed by atoms with Gasteiger partial charge in [0.25, 0.3) is 0 Å². The second kappa shape index (κ2) is 3.76. The molecule has 1 nitrogen and oxygen atoms in total. The Balaban J connectivity index is 1.70. The maximum absolute atomic E-state index is 3.93. The molecular formula is C14H25N. The molecule has 0 aromatic rings. The summed E-state index contributed by atoms with van der Waals surface area (Å²) in [5.74, 6) is 0. The summed E-state index contributed by atoms with van der Waals surface area (Å²) in [5.41, 5.74) is 1.32. The van der Waals surface area contributed by atoms with E-state index in [1.165, 1.54) is 77.2 Å². The van der Waals surface area contributed by atoms with Crippen LogP contribution in [0.5, 0.6) is 0 Å². The van der Waals surface area contributed by atoms with E-state index in [0.717, 1.165) is 5.41 Å². The first kappa shape index (κ1) is 10.1. The lowest BCUT2D eigenvalue weighted by Crippen LogP contribution is -2.41. The SMILES string of the molecule is C1CCC2(CC1)CNC1(CCCCC1)C2. The molecule has 0 aromatic heterocycles. The van der Waals surface area contributed by atoms with E-state index in [4.69, 9.17) is 0 Å². The summed E-state index contributed by atoms with van der Waals surface area (Å²) in [4.78, 5) is 0. The summed E-state index contributed by atoms with van der Waals surface area (Å²) in [5, 5.41) is 3.93. The van der Waals surface area contributed by atoms with Crippen LogP contribution in [0.2, 0.25) is 0 Å². The molecule has 1 heterocycles. The Kier molecular flexibility index (Phi) is 2.54. The van der Waals surface area contributed by atoms with Crippen LogP contribution in [0, 0.1) is 5.41 Å². The Hall–Kier alpha value is -0.0400. The van der Waals surface area contributed by atoms with Gasteiger partial charge in [0.2, 0.25) is 0 Å². The summed E-state index contributed by atoms with van der Waals surface area (Å²) in [6, 6.07) is 0. The Morgan fingerprint density at radius 3 is 1.93 bits per heavy atom. The minimum absolute atomic E-state index is 0.593. The van der Waals surface area contributed by atoms with Crippen molar-refractivity contribution >= 4 is 0 Å². The summed E-state index contributed by atoms with van der Waals surface area (Å²) in [6.45, 7) is 1.34. The molecular weight excluding hydrogens is 182 g/mol. The molecule has 2 spiro atoms. The molecule has 0 unspecified atom stereocenters. The molecule has 1 N–H and O–H groups in total. The van der Waals surface area contributed by atoms with Gasteiger partial charge < -0.3 is 5.32 Å². The Labute approximate surface area is 94.0 Å². The second-order valence-electron chi connectivity index (χ2n) is 6.43. The summed E-state index contributed by atoms with van der Waals surface area (Å²) in [6.07, 6.45) is 16.4. The first-order valence-corrected chi connectivity index (χ1v) is 7.08. The third-order valence-electron chi connectivity index (χ3n) is 5.28. The molecule has 15 heavy (non-hydrogen) atoms. The van der Waals surface area contributed by atoms with Crippen molar-refractivity contribution < 1.29 is 0 Å². The Bertz CT molecular complexity index is 197. The van der Waals surface area contributed by atoms with Crippen LogP contribution < -0.4 is 5.32 Å². The topological polar surface area (TPSA) is 12.0 Å². The van der Waals surface area contributed by atoms with Gasteiger partial charge in [0.05, 0.1) is 0 Å². The van der Waals surface area contributed by atoms with Crippen LogP contribution in [-0.2, 0) is 0 Å². The molecule has 3 fully saturated rings. The first-order chi connectivity index (χ1) is 7.33. The van der Waals surface area contributed by atoms with Crippen LogP contribution in [0.25, 0.3) is 0 Å². The predicted molar refractivity (Wildman–Crippen MR) is 64.0 cm³/mol. The fourth-order valence-corrected chi connectivity index (χ4v) is 4.46. The molecule has 0 atom stereocenters. The Morgan fingerprint density at radius 1 is 0.667 bits per heavy atom. The highest BCUT2D eigenvalue weighted by atomic mass is 15.0. The van der Waals surface area contributed by atoms with E-state index in [9.17, 15) is 0 Å². The van der Waals surface area contributed by atoms with Crippen molar-refractivity contribution in [1.82, 2.24) is 5.32 Å². The lowest BCUT2D eigenvalue weighted by molar-refractivity contribution is 0.179. The van der Waals surface area contributed by atoms with E-state index >= 15 is 0 Å². The van der Waals surface area contributed by atoms with Gasteiger partial charge in [-0.15, -0.1) is 0 Å². The molecule has 0 amide bonds. The van der Waals surface area contributed by atoms with Crippen LogP contribution in [0.4, 0.5) is 0 Å². The fraction of sp³-hybridized carbons (Fsp3) is 1.00. The van der Waals surface area contributed by atoms with Gasteiger partial charge in [-0.05, 0) is 37.5 Å². The predicted octanol–water partition coefficient (Wildman–Crippen LogP) is 3.63. The van der Waals surface area contributed by atoms with Crippen LogP contribution in [-0.4, -0.2) is 12.1 Å². The molecule has 0 aromatic carbocycles. The molecule has 1 saturated heterocycles. The molecule has 86 valence electrons. The van der Waals surface area contributed by atoms with E-state index < -0.39 is 0 Å². The highest BCUT2D eigenvalue weighted by Gasteiger charge is 2.47. The van der Waals surface area contributed by atoms with Crippen LogP contribution in [0.15, 0.2) is 0 Å². The van der Waals surface area contributed by atoms with Crippen molar-refractivity contribution in [3.63, 3.8) is 0 Å². The zero-order valence-electron chi connectivity index (χ0n) is 9.99. The van der Waals surface area contributed by atoms with Gasteiger partial charge in [-0.3, -0.25) is 0 Å². The van der Waals surface area contributed by atoms with E-state index in [-0.39, 0.29) is 0 Å². The molecule has 0 bridgehead atoms. The molecule has 3 rings (SSSR count). The maximum Gasteiger partial charge on any atom is 0.0187 e. The van der Waals surface area contributed by atoms with E-state index in [2.05, 4.69) is 5.32 Å². The molecule has 2 aliphatic carbocycles. The third kappa shape index (κ3) is 1.84.